The predicted molar refractivity (Wildman–Crippen MR) is 66.7 cm³/mol. The van der Waals surface area contributed by atoms with Gasteiger partial charge in [-0.2, -0.15) is 0 Å². The molecular formula is C13H24N2O2. The van der Waals surface area contributed by atoms with Gasteiger partial charge >= 0.3 is 6.09 Å². The number of piperidine rings is 1. The van der Waals surface area contributed by atoms with Gasteiger partial charge in [-0.3, -0.25) is 0 Å². The molecule has 1 heterocycles. The number of nitrogens with zero attached hydrogens (tertiary/aromatic N) is 1. The highest BCUT2D eigenvalue weighted by Crippen LogP contribution is 2.48. The standard InChI is InChI=1S/C13H24N2O2/c1-12(2,3)17-11(16)15-8-4-5-10-6-7-13(10,15)9-14/h10H,4-9,14H2,1-3H3/t10-,13-/m1/s1. The smallest absolute Gasteiger partial charge is 0.410 e. The number of carbonyl (C=O) groups excluding carboxylic acids is 1. The van der Waals surface area contributed by atoms with Gasteiger partial charge in [-0.05, 0) is 52.4 Å². The van der Waals surface area contributed by atoms with Crippen LogP contribution in [0.3, 0.4) is 0 Å². The molecule has 2 atom stereocenters. The lowest BCUT2D eigenvalue weighted by atomic mass is 9.62. The molecule has 2 N–H and O–H groups in total. The second-order valence-electron chi connectivity index (χ2n) is 6.32. The quantitative estimate of drug-likeness (QED) is 0.764. The number of fused-ring (bicyclic) bond motifs is 1. The normalized spacial score (nSPS) is 32.7. The molecule has 0 aromatic carbocycles. The largest absolute Gasteiger partial charge is 0.444 e. The summed E-state index contributed by atoms with van der Waals surface area (Å²) in [6, 6.07) is 0. The molecule has 17 heavy (non-hydrogen) atoms. The maximum absolute atomic E-state index is 12.2. The van der Waals surface area contributed by atoms with Crippen molar-refractivity contribution in [1.82, 2.24) is 4.90 Å². The van der Waals surface area contributed by atoms with Gasteiger partial charge in [0, 0.05) is 13.1 Å². The first-order chi connectivity index (χ1) is 7.89. The summed E-state index contributed by atoms with van der Waals surface area (Å²) in [7, 11) is 0. The summed E-state index contributed by atoms with van der Waals surface area (Å²) in [4.78, 5) is 14.1. The molecule has 0 radical (unpaired) electrons. The van der Waals surface area contributed by atoms with Crippen LogP contribution in [0.4, 0.5) is 4.79 Å². The SMILES string of the molecule is CC(C)(C)OC(=O)N1CCC[C@@H]2CC[C@@]21CN. The van der Waals surface area contributed by atoms with Gasteiger partial charge in [0.05, 0.1) is 5.54 Å². The molecular weight excluding hydrogens is 216 g/mol. The van der Waals surface area contributed by atoms with Crippen molar-refractivity contribution >= 4 is 6.09 Å². The van der Waals surface area contributed by atoms with Crippen molar-refractivity contribution in [2.75, 3.05) is 13.1 Å². The van der Waals surface area contributed by atoms with E-state index in [9.17, 15) is 4.79 Å². The Labute approximate surface area is 103 Å². The lowest BCUT2D eigenvalue weighted by molar-refractivity contribution is -0.0771. The number of likely N-dealkylation sites (tertiary alicyclic amines) is 1. The van der Waals surface area contributed by atoms with Crippen LogP contribution >= 0.6 is 0 Å². The molecule has 1 saturated heterocycles. The van der Waals surface area contributed by atoms with E-state index < -0.39 is 5.60 Å². The van der Waals surface area contributed by atoms with E-state index in [1.807, 2.05) is 25.7 Å². The minimum atomic E-state index is -0.427. The fourth-order valence-electron chi connectivity index (χ4n) is 3.14. The lowest BCUT2D eigenvalue weighted by Crippen LogP contribution is -2.68. The molecule has 2 aliphatic rings. The summed E-state index contributed by atoms with van der Waals surface area (Å²) in [5.41, 5.74) is 5.40. The van der Waals surface area contributed by atoms with Gasteiger partial charge < -0.3 is 15.4 Å². The van der Waals surface area contributed by atoms with E-state index in [4.69, 9.17) is 10.5 Å². The minimum Gasteiger partial charge on any atom is -0.444 e. The zero-order chi connectivity index (χ0) is 12.7. The van der Waals surface area contributed by atoms with E-state index in [1.165, 1.54) is 12.8 Å². The van der Waals surface area contributed by atoms with Crippen molar-refractivity contribution in [3.8, 4) is 0 Å². The van der Waals surface area contributed by atoms with Crippen molar-refractivity contribution in [2.45, 2.75) is 57.6 Å². The van der Waals surface area contributed by atoms with Gasteiger partial charge in [0.2, 0.25) is 0 Å². The Morgan fingerprint density at radius 1 is 1.47 bits per heavy atom. The van der Waals surface area contributed by atoms with Gasteiger partial charge in [0.15, 0.2) is 0 Å². The minimum absolute atomic E-state index is 0.0966. The molecule has 1 aliphatic heterocycles. The molecule has 1 amide bonds. The lowest BCUT2D eigenvalue weighted by Gasteiger charge is -2.58. The molecule has 4 nitrogen and oxygen atoms in total. The van der Waals surface area contributed by atoms with Crippen LogP contribution in [0.5, 0.6) is 0 Å². The number of hydrogen-bond donors (Lipinski definition) is 1. The molecule has 4 heteroatoms. The highest BCUT2D eigenvalue weighted by atomic mass is 16.6. The van der Waals surface area contributed by atoms with Gasteiger partial charge in [0.25, 0.3) is 0 Å². The van der Waals surface area contributed by atoms with Crippen LogP contribution in [0.2, 0.25) is 0 Å². The summed E-state index contributed by atoms with van der Waals surface area (Å²) < 4.78 is 5.49. The maximum Gasteiger partial charge on any atom is 0.410 e. The van der Waals surface area contributed by atoms with Crippen LogP contribution in [0.15, 0.2) is 0 Å². The Hall–Kier alpha value is -0.770. The highest BCUT2D eigenvalue weighted by Gasteiger charge is 2.54. The second kappa shape index (κ2) is 4.16. The van der Waals surface area contributed by atoms with Crippen LogP contribution in [0.1, 0.15) is 46.5 Å². The average molecular weight is 240 g/mol. The Morgan fingerprint density at radius 3 is 2.65 bits per heavy atom. The molecule has 98 valence electrons. The van der Waals surface area contributed by atoms with E-state index >= 15 is 0 Å². The number of rotatable bonds is 1. The highest BCUT2D eigenvalue weighted by molar-refractivity contribution is 5.70. The number of nitrogens with two attached hydrogens (primary N) is 1. The summed E-state index contributed by atoms with van der Waals surface area (Å²) in [6.45, 7) is 7.08. The predicted octanol–water partition coefficient (Wildman–Crippen LogP) is 2.12. The summed E-state index contributed by atoms with van der Waals surface area (Å²) in [5.74, 6) is 0.591. The van der Waals surface area contributed by atoms with E-state index in [0.29, 0.717) is 12.5 Å². The van der Waals surface area contributed by atoms with Crippen molar-refractivity contribution in [3.05, 3.63) is 0 Å². The number of amides is 1. The molecule has 2 rings (SSSR count). The number of hydrogen-bond acceptors (Lipinski definition) is 3. The van der Waals surface area contributed by atoms with Crippen LogP contribution in [-0.4, -0.2) is 35.2 Å². The number of carbonyl (C=O) groups is 1. The fourth-order valence-corrected chi connectivity index (χ4v) is 3.14. The number of ether oxygens (including phenoxy) is 1. The molecule has 2 fully saturated rings. The van der Waals surface area contributed by atoms with Crippen molar-refractivity contribution in [2.24, 2.45) is 11.7 Å². The molecule has 0 aromatic heterocycles. The third kappa shape index (κ3) is 2.15. The third-order valence-electron chi connectivity index (χ3n) is 4.12. The van der Waals surface area contributed by atoms with Crippen molar-refractivity contribution < 1.29 is 9.53 Å². The van der Waals surface area contributed by atoms with Crippen LogP contribution < -0.4 is 5.73 Å². The van der Waals surface area contributed by atoms with Gasteiger partial charge in [-0.15, -0.1) is 0 Å². The zero-order valence-corrected chi connectivity index (χ0v) is 11.2. The summed E-state index contributed by atoms with van der Waals surface area (Å²) in [6.07, 6.45) is 4.33. The molecule has 0 bridgehead atoms. The van der Waals surface area contributed by atoms with Crippen molar-refractivity contribution in [3.63, 3.8) is 0 Å². The molecule has 0 aromatic rings. The summed E-state index contributed by atoms with van der Waals surface area (Å²) >= 11 is 0. The van der Waals surface area contributed by atoms with Gasteiger partial charge in [0.1, 0.15) is 5.60 Å². The van der Waals surface area contributed by atoms with Gasteiger partial charge in [-0.1, -0.05) is 0 Å². The van der Waals surface area contributed by atoms with Gasteiger partial charge in [-0.25, -0.2) is 4.79 Å². The second-order valence-corrected chi connectivity index (χ2v) is 6.32. The molecule has 0 unspecified atom stereocenters. The Bertz CT molecular complexity index is 307. The maximum atomic E-state index is 12.2. The zero-order valence-electron chi connectivity index (χ0n) is 11.2. The van der Waals surface area contributed by atoms with E-state index in [0.717, 1.165) is 19.4 Å². The first-order valence-electron chi connectivity index (χ1n) is 6.60. The summed E-state index contributed by atoms with van der Waals surface area (Å²) in [5, 5.41) is 0. The van der Waals surface area contributed by atoms with Crippen molar-refractivity contribution in [1.29, 1.82) is 0 Å². The first kappa shape index (κ1) is 12.7. The Balaban J connectivity index is 2.10. The van der Waals surface area contributed by atoms with E-state index in [2.05, 4.69) is 0 Å². The molecule has 1 saturated carbocycles. The van der Waals surface area contributed by atoms with E-state index in [1.54, 1.807) is 0 Å². The Kier molecular flexibility index (Phi) is 3.10. The third-order valence-corrected chi connectivity index (χ3v) is 4.12. The van der Waals surface area contributed by atoms with Crippen LogP contribution in [-0.2, 0) is 4.74 Å². The van der Waals surface area contributed by atoms with Crippen LogP contribution in [0.25, 0.3) is 0 Å². The molecule has 0 spiro atoms. The average Bonchev–Trinajstić information content (AvgIpc) is 2.17. The molecule has 1 aliphatic carbocycles. The first-order valence-corrected chi connectivity index (χ1v) is 6.60. The van der Waals surface area contributed by atoms with Crippen LogP contribution in [0, 0.1) is 5.92 Å². The fraction of sp³-hybridized carbons (Fsp3) is 0.923. The Morgan fingerprint density at radius 2 is 2.18 bits per heavy atom. The van der Waals surface area contributed by atoms with E-state index in [-0.39, 0.29) is 11.6 Å². The topological polar surface area (TPSA) is 55.6 Å². The monoisotopic (exact) mass is 240 g/mol.